The molecular weight excluding hydrogens is 352 g/mol. The van der Waals surface area contributed by atoms with E-state index in [1.807, 2.05) is 37.3 Å². The molecule has 0 atom stereocenters. The molecule has 2 rings (SSSR count). The summed E-state index contributed by atoms with van der Waals surface area (Å²) in [5.74, 6) is -0.551. The Labute approximate surface area is 158 Å². The fourth-order valence-corrected chi connectivity index (χ4v) is 2.56. The van der Waals surface area contributed by atoms with Crippen molar-refractivity contribution in [1.82, 2.24) is 5.32 Å². The quantitative estimate of drug-likeness (QED) is 0.574. The molecule has 0 saturated carbocycles. The van der Waals surface area contributed by atoms with Gasteiger partial charge in [0.2, 0.25) is 5.91 Å². The van der Waals surface area contributed by atoms with Crippen LogP contribution in [0.1, 0.15) is 22.8 Å². The number of nitrogens with one attached hydrogen (secondary N) is 2. The molecule has 0 radical (unpaired) electrons. The molecule has 0 aromatic heterocycles. The van der Waals surface area contributed by atoms with Crippen molar-refractivity contribution >= 4 is 34.7 Å². The van der Waals surface area contributed by atoms with Gasteiger partial charge < -0.3 is 15.4 Å². The molecule has 0 fully saturated rings. The summed E-state index contributed by atoms with van der Waals surface area (Å²) in [7, 11) is 1.56. The van der Waals surface area contributed by atoms with E-state index in [1.54, 1.807) is 25.3 Å². The third-order valence-electron chi connectivity index (χ3n) is 3.65. The van der Waals surface area contributed by atoms with E-state index in [0.29, 0.717) is 24.4 Å². The fraction of sp³-hybridized carbons (Fsp3) is 0.200. The van der Waals surface area contributed by atoms with Crippen molar-refractivity contribution in [2.45, 2.75) is 6.92 Å². The van der Waals surface area contributed by atoms with Crippen LogP contribution in [0.25, 0.3) is 5.57 Å². The number of methoxy groups -OCH3 is 1. The van der Waals surface area contributed by atoms with Crippen LogP contribution in [0.15, 0.2) is 54.6 Å². The predicted octanol–water partition coefficient (Wildman–Crippen LogP) is 3.76. The van der Waals surface area contributed by atoms with Gasteiger partial charge in [0.05, 0.1) is 17.2 Å². The monoisotopic (exact) mass is 372 g/mol. The first-order chi connectivity index (χ1) is 12.5. The molecule has 0 bridgehead atoms. The van der Waals surface area contributed by atoms with Gasteiger partial charge in [0.25, 0.3) is 5.91 Å². The molecule has 136 valence electrons. The topological polar surface area (TPSA) is 67.4 Å². The lowest BCUT2D eigenvalue weighted by molar-refractivity contribution is -0.111. The Kier molecular flexibility index (Phi) is 7.38. The summed E-state index contributed by atoms with van der Waals surface area (Å²) >= 11 is 6.16. The van der Waals surface area contributed by atoms with Crippen LogP contribution in [0.5, 0.6) is 0 Å². The predicted molar refractivity (Wildman–Crippen MR) is 104 cm³/mol. The largest absolute Gasteiger partial charge is 0.383 e. The number of rotatable bonds is 7. The van der Waals surface area contributed by atoms with Gasteiger partial charge in [0.1, 0.15) is 0 Å². The fourth-order valence-electron chi connectivity index (χ4n) is 2.30. The molecule has 0 saturated heterocycles. The number of carbonyl (C=O) groups is 2. The van der Waals surface area contributed by atoms with Crippen molar-refractivity contribution < 1.29 is 14.3 Å². The highest BCUT2D eigenvalue weighted by Crippen LogP contribution is 2.21. The van der Waals surface area contributed by atoms with Crippen molar-refractivity contribution in [3.8, 4) is 0 Å². The lowest BCUT2D eigenvalue weighted by Crippen LogP contribution is -2.27. The van der Waals surface area contributed by atoms with E-state index in [4.69, 9.17) is 16.3 Å². The van der Waals surface area contributed by atoms with E-state index in [-0.39, 0.29) is 16.8 Å². The maximum absolute atomic E-state index is 12.2. The maximum Gasteiger partial charge on any atom is 0.252 e. The van der Waals surface area contributed by atoms with Gasteiger partial charge in [0, 0.05) is 25.4 Å². The highest BCUT2D eigenvalue weighted by Gasteiger charge is 2.11. The molecule has 0 aliphatic heterocycles. The number of ether oxygens (including phenoxy) is 1. The van der Waals surface area contributed by atoms with E-state index in [1.165, 1.54) is 6.08 Å². The number of hydrogen-bond donors (Lipinski definition) is 2. The van der Waals surface area contributed by atoms with Gasteiger partial charge in [-0.15, -0.1) is 0 Å². The van der Waals surface area contributed by atoms with E-state index in [2.05, 4.69) is 10.6 Å². The Hall–Kier alpha value is -2.63. The van der Waals surface area contributed by atoms with Crippen LogP contribution in [-0.2, 0) is 9.53 Å². The first-order valence-electron chi connectivity index (χ1n) is 8.12. The summed E-state index contributed by atoms with van der Waals surface area (Å²) < 4.78 is 4.88. The molecule has 6 heteroatoms. The molecule has 0 spiro atoms. The molecule has 2 aromatic rings. The SMILES string of the molecule is COCCNC(=O)c1ccc(NC(=O)/C=C(\C)c2ccccc2)cc1Cl. The Morgan fingerprint density at radius 3 is 2.54 bits per heavy atom. The molecular formula is C20H21ClN2O3. The van der Waals surface area contributed by atoms with Crippen molar-refractivity contribution in [1.29, 1.82) is 0 Å². The van der Waals surface area contributed by atoms with Crippen LogP contribution in [0.4, 0.5) is 5.69 Å². The molecule has 26 heavy (non-hydrogen) atoms. The van der Waals surface area contributed by atoms with Crippen LogP contribution in [0.2, 0.25) is 5.02 Å². The summed E-state index contributed by atoms with van der Waals surface area (Å²) in [6, 6.07) is 14.4. The van der Waals surface area contributed by atoms with Gasteiger partial charge in [-0.2, -0.15) is 0 Å². The van der Waals surface area contributed by atoms with Gasteiger partial charge in [0.15, 0.2) is 0 Å². The van der Waals surface area contributed by atoms with Gasteiger partial charge >= 0.3 is 0 Å². The van der Waals surface area contributed by atoms with E-state index in [9.17, 15) is 9.59 Å². The maximum atomic E-state index is 12.2. The molecule has 2 amide bonds. The van der Waals surface area contributed by atoms with Crippen molar-refractivity contribution in [2.75, 3.05) is 25.6 Å². The zero-order valence-electron chi connectivity index (χ0n) is 14.7. The van der Waals surface area contributed by atoms with Crippen LogP contribution in [-0.4, -0.2) is 32.1 Å². The molecule has 5 nitrogen and oxygen atoms in total. The average Bonchev–Trinajstić information content (AvgIpc) is 2.62. The van der Waals surface area contributed by atoms with Gasteiger partial charge in [-0.3, -0.25) is 9.59 Å². The number of allylic oxidation sites excluding steroid dienone is 1. The number of anilines is 1. The van der Waals surface area contributed by atoms with E-state index in [0.717, 1.165) is 11.1 Å². The second-order valence-corrected chi connectivity index (χ2v) is 6.03. The number of benzene rings is 2. The Morgan fingerprint density at radius 1 is 1.15 bits per heavy atom. The normalized spacial score (nSPS) is 11.1. The van der Waals surface area contributed by atoms with Crippen LogP contribution >= 0.6 is 11.6 Å². The number of amides is 2. The minimum absolute atomic E-state index is 0.264. The number of hydrogen-bond acceptors (Lipinski definition) is 3. The molecule has 0 aliphatic carbocycles. The van der Waals surface area contributed by atoms with Gasteiger partial charge in [-0.1, -0.05) is 41.9 Å². The Balaban J connectivity index is 2.03. The Morgan fingerprint density at radius 2 is 1.88 bits per heavy atom. The summed E-state index contributed by atoms with van der Waals surface area (Å²) in [5.41, 5.74) is 2.69. The number of carbonyl (C=O) groups excluding carboxylic acids is 2. The standard InChI is InChI=1S/C20H21ClN2O3/c1-14(15-6-4-3-5-7-15)12-19(24)23-16-8-9-17(18(21)13-16)20(25)22-10-11-26-2/h3-9,12-13H,10-11H2,1-2H3,(H,22,25)(H,23,24)/b14-12+. The van der Waals surface area contributed by atoms with Crippen molar-refractivity contribution in [3.05, 3.63) is 70.8 Å². The minimum atomic E-state index is -0.287. The molecule has 0 aliphatic rings. The van der Waals surface area contributed by atoms with Gasteiger partial charge in [-0.25, -0.2) is 0 Å². The van der Waals surface area contributed by atoms with Crippen molar-refractivity contribution in [3.63, 3.8) is 0 Å². The highest BCUT2D eigenvalue weighted by atomic mass is 35.5. The van der Waals surface area contributed by atoms with Crippen LogP contribution < -0.4 is 10.6 Å². The van der Waals surface area contributed by atoms with E-state index >= 15 is 0 Å². The zero-order chi connectivity index (χ0) is 18.9. The molecule has 0 heterocycles. The summed E-state index contributed by atoms with van der Waals surface area (Å²) in [5, 5.41) is 5.72. The van der Waals surface area contributed by atoms with Crippen molar-refractivity contribution in [2.24, 2.45) is 0 Å². The second kappa shape index (κ2) is 9.75. The summed E-state index contributed by atoms with van der Waals surface area (Å²) in [6.07, 6.45) is 1.52. The first kappa shape index (κ1) is 19.7. The van der Waals surface area contributed by atoms with Crippen LogP contribution in [0.3, 0.4) is 0 Å². The zero-order valence-corrected chi connectivity index (χ0v) is 15.5. The summed E-state index contributed by atoms with van der Waals surface area (Å²) in [4.78, 5) is 24.2. The first-order valence-corrected chi connectivity index (χ1v) is 8.50. The number of halogens is 1. The summed E-state index contributed by atoms with van der Waals surface area (Å²) in [6.45, 7) is 2.69. The van der Waals surface area contributed by atoms with Gasteiger partial charge in [-0.05, 0) is 36.3 Å². The second-order valence-electron chi connectivity index (χ2n) is 5.63. The molecule has 0 unspecified atom stereocenters. The third-order valence-corrected chi connectivity index (χ3v) is 3.96. The third kappa shape index (κ3) is 5.72. The molecule has 2 aromatic carbocycles. The Bertz CT molecular complexity index is 804. The van der Waals surface area contributed by atoms with E-state index < -0.39 is 0 Å². The highest BCUT2D eigenvalue weighted by molar-refractivity contribution is 6.34. The smallest absolute Gasteiger partial charge is 0.252 e. The molecule has 2 N–H and O–H groups in total. The lowest BCUT2D eigenvalue weighted by atomic mass is 10.1. The average molecular weight is 373 g/mol. The van der Waals surface area contributed by atoms with Crippen LogP contribution in [0, 0.1) is 0 Å². The lowest BCUT2D eigenvalue weighted by Gasteiger charge is -2.09. The minimum Gasteiger partial charge on any atom is -0.383 e.